The second kappa shape index (κ2) is 9.16. The molecule has 3 aromatic rings. The first-order valence-electron chi connectivity index (χ1n) is 9.80. The number of ether oxygens (including phenoxy) is 1. The molecule has 6 nitrogen and oxygen atoms in total. The summed E-state index contributed by atoms with van der Waals surface area (Å²) in [6.07, 6.45) is 5.49. The Kier molecular flexibility index (Phi) is 6.37. The van der Waals surface area contributed by atoms with E-state index in [1.807, 2.05) is 18.2 Å². The number of benzene rings is 1. The van der Waals surface area contributed by atoms with Gasteiger partial charge in [-0.05, 0) is 48.2 Å². The summed E-state index contributed by atoms with van der Waals surface area (Å²) in [6, 6.07) is 9.83. The molecule has 0 radical (unpaired) electrons. The van der Waals surface area contributed by atoms with Gasteiger partial charge in [0.15, 0.2) is 0 Å². The number of carboxylic acid groups (broad SMARTS) is 1. The van der Waals surface area contributed by atoms with E-state index < -0.39 is 5.97 Å². The van der Waals surface area contributed by atoms with E-state index in [-0.39, 0.29) is 19.1 Å². The van der Waals surface area contributed by atoms with Crippen molar-refractivity contribution >= 4 is 45.9 Å². The van der Waals surface area contributed by atoms with Gasteiger partial charge < -0.3 is 14.7 Å². The number of halogens is 2. The first-order valence-corrected chi connectivity index (χ1v) is 10.6. The molecule has 3 heterocycles. The fourth-order valence-corrected chi connectivity index (χ4v) is 4.19. The number of hydrogen-bond acceptors (Lipinski definition) is 5. The van der Waals surface area contributed by atoms with Crippen molar-refractivity contribution in [3.05, 3.63) is 52.8 Å². The maximum absolute atomic E-state index is 10.7. The number of aromatic nitrogens is 2. The summed E-state index contributed by atoms with van der Waals surface area (Å²) in [5, 5.41) is 10.6. The van der Waals surface area contributed by atoms with Gasteiger partial charge in [0.2, 0.25) is 0 Å². The van der Waals surface area contributed by atoms with Crippen molar-refractivity contribution in [2.24, 2.45) is 0 Å². The monoisotopic (exact) mass is 445 g/mol. The molecule has 1 aliphatic rings. The van der Waals surface area contributed by atoms with E-state index in [9.17, 15) is 4.79 Å². The van der Waals surface area contributed by atoms with Crippen molar-refractivity contribution in [1.29, 1.82) is 0 Å². The van der Waals surface area contributed by atoms with Gasteiger partial charge in [-0.2, -0.15) is 0 Å². The maximum atomic E-state index is 10.7. The number of hydrogen-bond donors (Lipinski definition) is 1. The summed E-state index contributed by atoms with van der Waals surface area (Å²) in [7, 11) is 0. The van der Waals surface area contributed by atoms with Gasteiger partial charge in [-0.3, -0.25) is 9.78 Å². The highest BCUT2D eigenvalue weighted by Gasteiger charge is 2.27. The third kappa shape index (κ3) is 4.36. The lowest BCUT2D eigenvalue weighted by atomic mass is 10.0. The third-order valence-electron chi connectivity index (χ3n) is 5.29. The highest BCUT2D eigenvalue weighted by Crippen LogP contribution is 2.38. The predicted octanol–water partition coefficient (Wildman–Crippen LogP) is 5.06. The second-order valence-corrected chi connectivity index (χ2v) is 8.01. The van der Waals surface area contributed by atoms with Crippen molar-refractivity contribution in [1.82, 2.24) is 9.97 Å². The van der Waals surface area contributed by atoms with E-state index >= 15 is 0 Å². The lowest BCUT2D eigenvalue weighted by molar-refractivity contribution is -0.138. The largest absolute Gasteiger partial charge is 0.481 e. The molecule has 1 aliphatic heterocycles. The van der Waals surface area contributed by atoms with Crippen molar-refractivity contribution in [3.8, 4) is 11.1 Å². The van der Waals surface area contributed by atoms with Gasteiger partial charge in [-0.15, -0.1) is 0 Å². The number of carbonyl (C=O) groups is 1. The minimum atomic E-state index is -0.858. The quantitative estimate of drug-likeness (QED) is 0.511. The zero-order valence-electron chi connectivity index (χ0n) is 16.2. The van der Waals surface area contributed by atoms with E-state index in [4.69, 9.17) is 38.0 Å². The molecule has 1 saturated heterocycles. The molecule has 1 fully saturated rings. The van der Waals surface area contributed by atoms with Crippen molar-refractivity contribution in [2.45, 2.75) is 25.3 Å². The Labute approximate surface area is 184 Å². The van der Waals surface area contributed by atoms with Crippen LogP contribution in [0.2, 0.25) is 10.0 Å². The Morgan fingerprint density at radius 1 is 1.23 bits per heavy atom. The molecular formula is C22H21Cl2N3O3. The first-order chi connectivity index (χ1) is 14.5. The summed E-state index contributed by atoms with van der Waals surface area (Å²) in [6.45, 7) is 1.51. The zero-order chi connectivity index (χ0) is 21.1. The molecule has 30 heavy (non-hydrogen) atoms. The molecule has 0 amide bonds. The van der Waals surface area contributed by atoms with E-state index in [1.54, 1.807) is 18.5 Å². The summed E-state index contributed by atoms with van der Waals surface area (Å²) < 4.78 is 5.62. The molecule has 8 heteroatoms. The van der Waals surface area contributed by atoms with E-state index in [1.165, 1.54) is 0 Å². The van der Waals surface area contributed by atoms with Gasteiger partial charge in [0, 0.05) is 24.3 Å². The van der Waals surface area contributed by atoms with Gasteiger partial charge in [0.1, 0.15) is 5.82 Å². The fraction of sp³-hybridized carbons (Fsp3) is 0.318. The molecule has 4 rings (SSSR count). The van der Waals surface area contributed by atoms with Crippen LogP contribution in [0.25, 0.3) is 22.0 Å². The van der Waals surface area contributed by atoms with E-state index in [0.29, 0.717) is 22.2 Å². The molecular weight excluding hydrogens is 425 g/mol. The average molecular weight is 446 g/mol. The van der Waals surface area contributed by atoms with Crippen LogP contribution in [0.5, 0.6) is 0 Å². The standard InChI is InChI=1S/C22H21Cl2N3O3/c23-18-4-3-16-17(14-5-8-25-9-6-14)12-19(26-22(16)21(18)24)27-10-1-2-15(27)13-30-11-7-20(28)29/h3-6,8-9,12,15H,1-2,7,10-11,13H2,(H,28,29)/t15-/m0/s1. The van der Waals surface area contributed by atoms with Gasteiger partial charge in [-0.1, -0.05) is 29.3 Å². The van der Waals surface area contributed by atoms with Gasteiger partial charge in [0.05, 0.1) is 41.2 Å². The average Bonchev–Trinajstić information content (AvgIpc) is 3.22. The fourth-order valence-electron chi connectivity index (χ4n) is 3.83. The molecule has 0 unspecified atom stereocenters. The highest BCUT2D eigenvalue weighted by molar-refractivity contribution is 6.45. The van der Waals surface area contributed by atoms with Crippen LogP contribution in [0, 0.1) is 0 Å². The Balaban J connectivity index is 1.71. The molecule has 0 aliphatic carbocycles. The van der Waals surface area contributed by atoms with Crippen molar-refractivity contribution in [2.75, 3.05) is 24.7 Å². The number of carboxylic acids is 1. The Hall–Kier alpha value is -2.41. The van der Waals surface area contributed by atoms with E-state index in [2.05, 4.69) is 16.0 Å². The van der Waals surface area contributed by atoms with Crippen LogP contribution in [0.4, 0.5) is 5.82 Å². The Morgan fingerprint density at radius 2 is 2.03 bits per heavy atom. The van der Waals surface area contributed by atoms with Crippen molar-refractivity contribution in [3.63, 3.8) is 0 Å². The number of rotatable bonds is 7. The topological polar surface area (TPSA) is 75.6 Å². The first kappa shape index (κ1) is 20.8. The minimum Gasteiger partial charge on any atom is -0.481 e. The van der Waals surface area contributed by atoms with Crippen molar-refractivity contribution < 1.29 is 14.6 Å². The van der Waals surface area contributed by atoms with Gasteiger partial charge in [0.25, 0.3) is 0 Å². The highest BCUT2D eigenvalue weighted by atomic mass is 35.5. The molecule has 0 bridgehead atoms. The molecule has 1 N–H and O–H groups in total. The lowest BCUT2D eigenvalue weighted by Gasteiger charge is -2.27. The molecule has 156 valence electrons. The number of fused-ring (bicyclic) bond motifs is 1. The summed E-state index contributed by atoms with van der Waals surface area (Å²) in [5.41, 5.74) is 2.69. The van der Waals surface area contributed by atoms with Crippen LogP contribution in [0.15, 0.2) is 42.7 Å². The van der Waals surface area contributed by atoms with Gasteiger partial charge in [-0.25, -0.2) is 4.98 Å². The minimum absolute atomic E-state index is 0.00123. The number of nitrogens with zero attached hydrogens (tertiary/aromatic N) is 3. The molecule has 0 saturated carbocycles. The van der Waals surface area contributed by atoms with Crippen LogP contribution in [0.1, 0.15) is 19.3 Å². The zero-order valence-corrected chi connectivity index (χ0v) is 17.7. The second-order valence-electron chi connectivity index (χ2n) is 7.23. The van der Waals surface area contributed by atoms with Crippen LogP contribution < -0.4 is 4.90 Å². The molecule has 0 spiro atoms. The summed E-state index contributed by atoms with van der Waals surface area (Å²) >= 11 is 12.8. The number of pyridine rings is 2. The maximum Gasteiger partial charge on any atom is 0.305 e. The SMILES string of the molecule is O=C(O)CCOC[C@@H]1CCCN1c1cc(-c2ccncc2)c2ccc(Cl)c(Cl)c2n1. The molecule has 1 atom stereocenters. The Morgan fingerprint density at radius 3 is 2.80 bits per heavy atom. The molecule has 2 aromatic heterocycles. The van der Waals surface area contributed by atoms with Crippen LogP contribution >= 0.6 is 23.2 Å². The van der Waals surface area contributed by atoms with Crippen LogP contribution in [-0.2, 0) is 9.53 Å². The van der Waals surface area contributed by atoms with E-state index in [0.717, 1.165) is 41.7 Å². The molecule has 1 aromatic carbocycles. The smallest absolute Gasteiger partial charge is 0.305 e. The Bertz CT molecular complexity index is 1060. The number of aliphatic carboxylic acids is 1. The normalized spacial score (nSPS) is 16.3. The lowest BCUT2D eigenvalue weighted by Crippen LogP contribution is -2.34. The van der Waals surface area contributed by atoms with Gasteiger partial charge >= 0.3 is 5.97 Å². The predicted molar refractivity (Wildman–Crippen MR) is 118 cm³/mol. The third-order valence-corrected chi connectivity index (χ3v) is 6.09. The summed E-state index contributed by atoms with van der Waals surface area (Å²) in [4.78, 5) is 21.9. The number of anilines is 1. The van der Waals surface area contributed by atoms with Crippen LogP contribution in [-0.4, -0.2) is 46.8 Å². The van der Waals surface area contributed by atoms with Crippen LogP contribution in [0.3, 0.4) is 0 Å². The summed E-state index contributed by atoms with van der Waals surface area (Å²) in [5.74, 6) is -0.0502.